The number of hydrogen-bond donors (Lipinski definition) is 1. The fourth-order valence-electron chi connectivity index (χ4n) is 2.98. The van der Waals surface area contributed by atoms with Crippen molar-refractivity contribution in [3.63, 3.8) is 0 Å². The number of pyridine rings is 1. The molecule has 128 valence electrons. The van der Waals surface area contributed by atoms with Crippen molar-refractivity contribution in [3.8, 4) is 11.1 Å². The summed E-state index contributed by atoms with van der Waals surface area (Å²) >= 11 is 0. The van der Waals surface area contributed by atoms with Crippen LogP contribution in [0.3, 0.4) is 0 Å². The van der Waals surface area contributed by atoms with Gasteiger partial charge < -0.3 is 10.6 Å². The Labute approximate surface area is 146 Å². The molecule has 1 aromatic carbocycles. The summed E-state index contributed by atoms with van der Waals surface area (Å²) < 4.78 is 27.0. The van der Waals surface area contributed by atoms with Gasteiger partial charge in [-0.15, -0.1) is 19.0 Å². The minimum atomic E-state index is -2.68. The molecule has 3 rings (SSSR count). The molecular formula is C18H20ClF2N3. The molecule has 1 aliphatic heterocycles. The Morgan fingerprint density at radius 2 is 2.00 bits per heavy atom. The molecule has 0 unspecified atom stereocenters. The lowest BCUT2D eigenvalue weighted by molar-refractivity contribution is 0.0257. The van der Waals surface area contributed by atoms with Crippen LogP contribution >= 0.6 is 12.4 Å². The Morgan fingerprint density at radius 1 is 1.25 bits per heavy atom. The normalized spacial score (nSPS) is 15.8. The maximum atomic E-state index is 13.5. The molecule has 6 heteroatoms. The number of anilines is 2. The standard InChI is InChI=1S/C18H19F2N3.ClH/c1-2-5-13-6-3-4-7-14(13)15-8-10-22-17(16(15)21)23-11-9-18(19,20)12-23;/h2-4,6-8,10H,1,5,9,11-12,21H2;1H. The van der Waals surface area contributed by atoms with E-state index in [-0.39, 0.29) is 31.9 Å². The van der Waals surface area contributed by atoms with Crippen LogP contribution in [0.25, 0.3) is 11.1 Å². The number of hydrogen-bond acceptors (Lipinski definition) is 3. The highest BCUT2D eigenvalue weighted by Crippen LogP contribution is 2.37. The molecule has 1 saturated heterocycles. The highest BCUT2D eigenvalue weighted by molar-refractivity contribution is 5.86. The van der Waals surface area contributed by atoms with Gasteiger partial charge in [0.05, 0.1) is 12.2 Å². The van der Waals surface area contributed by atoms with Crippen LogP contribution in [0.2, 0.25) is 0 Å². The molecule has 1 aromatic heterocycles. The monoisotopic (exact) mass is 351 g/mol. The Kier molecular flexibility index (Phi) is 5.44. The van der Waals surface area contributed by atoms with E-state index in [0.717, 1.165) is 23.1 Å². The van der Waals surface area contributed by atoms with E-state index in [0.29, 0.717) is 11.5 Å². The molecule has 0 aliphatic carbocycles. The van der Waals surface area contributed by atoms with Crippen LogP contribution in [0.5, 0.6) is 0 Å². The quantitative estimate of drug-likeness (QED) is 0.834. The first-order valence-electron chi connectivity index (χ1n) is 7.58. The third-order valence-electron chi connectivity index (χ3n) is 4.11. The highest BCUT2D eigenvalue weighted by Gasteiger charge is 2.39. The van der Waals surface area contributed by atoms with Gasteiger partial charge in [-0.2, -0.15) is 0 Å². The minimum Gasteiger partial charge on any atom is -0.395 e. The number of alkyl halides is 2. The van der Waals surface area contributed by atoms with Gasteiger partial charge >= 0.3 is 0 Å². The van der Waals surface area contributed by atoms with E-state index >= 15 is 0 Å². The first-order chi connectivity index (χ1) is 11.0. The van der Waals surface area contributed by atoms with Gasteiger partial charge in [0, 0.05) is 24.7 Å². The SMILES string of the molecule is C=CCc1ccccc1-c1ccnc(N2CCC(F)(F)C2)c1N.Cl. The molecule has 2 heterocycles. The van der Waals surface area contributed by atoms with Crippen LogP contribution in [-0.2, 0) is 6.42 Å². The zero-order chi connectivity index (χ0) is 16.4. The summed E-state index contributed by atoms with van der Waals surface area (Å²) in [4.78, 5) is 5.80. The van der Waals surface area contributed by atoms with Crippen molar-refractivity contribution in [2.75, 3.05) is 23.7 Å². The predicted octanol–water partition coefficient (Wildman–Crippen LogP) is 4.33. The molecule has 0 radical (unpaired) electrons. The van der Waals surface area contributed by atoms with Gasteiger partial charge in [-0.1, -0.05) is 30.3 Å². The lowest BCUT2D eigenvalue weighted by Crippen LogP contribution is -2.26. The van der Waals surface area contributed by atoms with Crippen molar-refractivity contribution in [2.45, 2.75) is 18.8 Å². The summed E-state index contributed by atoms with van der Waals surface area (Å²) in [5, 5.41) is 0. The average Bonchev–Trinajstić information content (AvgIpc) is 2.89. The second kappa shape index (κ2) is 7.18. The highest BCUT2D eigenvalue weighted by atomic mass is 35.5. The van der Waals surface area contributed by atoms with Crippen LogP contribution < -0.4 is 10.6 Å². The first kappa shape index (κ1) is 18.2. The van der Waals surface area contributed by atoms with E-state index in [4.69, 9.17) is 5.73 Å². The molecule has 2 N–H and O–H groups in total. The van der Waals surface area contributed by atoms with Gasteiger partial charge in [0.1, 0.15) is 0 Å². The van der Waals surface area contributed by atoms with E-state index in [2.05, 4.69) is 11.6 Å². The lowest BCUT2D eigenvalue weighted by atomic mass is 9.97. The smallest absolute Gasteiger partial charge is 0.266 e. The number of allylic oxidation sites excluding steroid dienone is 1. The van der Waals surface area contributed by atoms with Crippen molar-refractivity contribution in [3.05, 3.63) is 54.7 Å². The molecule has 24 heavy (non-hydrogen) atoms. The third-order valence-corrected chi connectivity index (χ3v) is 4.11. The topological polar surface area (TPSA) is 42.2 Å². The largest absolute Gasteiger partial charge is 0.395 e. The van der Waals surface area contributed by atoms with Gasteiger partial charge in [-0.3, -0.25) is 0 Å². The molecular weight excluding hydrogens is 332 g/mol. The molecule has 1 aliphatic rings. The lowest BCUT2D eigenvalue weighted by Gasteiger charge is -2.21. The first-order valence-corrected chi connectivity index (χ1v) is 7.58. The molecule has 2 aromatic rings. The molecule has 3 nitrogen and oxygen atoms in total. The van der Waals surface area contributed by atoms with E-state index in [9.17, 15) is 8.78 Å². The van der Waals surface area contributed by atoms with E-state index < -0.39 is 5.92 Å². The summed E-state index contributed by atoms with van der Waals surface area (Å²) in [5.41, 5.74) is 9.62. The summed E-state index contributed by atoms with van der Waals surface area (Å²) in [5.74, 6) is -2.24. The van der Waals surface area contributed by atoms with Crippen molar-refractivity contribution in [1.82, 2.24) is 4.98 Å². The second-order valence-electron chi connectivity index (χ2n) is 5.77. The van der Waals surface area contributed by atoms with E-state index in [1.54, 1.807) is 11.1 Å². The number of halogens is 3. The Morgan fingerprint density at radius 3 is 2.67 bits per heavy atom. The van der Waals surface area contributed by atoms with Crippen LogP contribution in [-0.4, -0.2) is 24.0 Å². The van der Waals surface area contributed by atoms with Crippen molar-refractivity contribution < 1.29 is 8.78 Å². The van der Waals surface area contributed by atoms with E-state index in [1.165, 1.54) is 0 Å². The molecule has 0 bridgehead atoms. The second-order valence-corrected chi connectivity index (χ2v) is 5.77. The van der Waals surface area contributed by atoms with Gasteiger partial charge in [0.25, 0.3) is 5.92 Å². The van der Waals surface area contributed by atoms with Crippen molar-refractivity contribution >= 4 is 23.9 Å². The number of nitrogens with zero attached hydrogens (tertiary/aromatic N) is 2. The molecule has 0 spiro atoms. The summed E-state index contributed by atoms with van der Waals surface area (Å²) in [6.45, 7) is 3.71. The van der Waals surface area contributed by atoms with Crippen LogP contribution in [0.4, 0.5) is 20.3 Å². The predicted molar refractivity (Wildman–Crippen MR) is 97.0 cm³/mol. The number of nitrogens with two attached hydrogens (primary N) is 1. The average molecular weight is 352 g/mol. The Hall–Kier alpha value is -2.14. The van der Waals surface area contributed by atoms with E-state index in [1.807, 2.05) is 36.4 Å². The molecule has 0 atom stereocenters. The fourth-order valence-corrected chi connectivity index (χ4v) is 2.98. The molecule has 1 fully saturated rings. The van der Waals surface area contributed by atoms with Gasteiger partial charge in [0.15, 0.2) is 5.82 Å². The van der Waals surface area contributed by atoms with Crippen LogP contribution in [0, 0.1) is 0 Å². The summed E-state index contributed by atoms with van der Waals surface area (Å²) in [7, 11) is 0. The van der Waals surface area contributed by atoms with Gasteiger partial charge in [0.2, 0.25) is 0 Å². The van der Waals surface area contributed by atoms with Crippen LogP contribution in [0.1, 0.15) is 12.0 Å². The van der Waals surface area contributed by atoms with Crippen LogP contribution in [0.15, 0.2) is 49.2 Å². The zero-order valence-corrected chi connectivity index (χ0v) is 14.0. The number of benzene rings is 1. The summed E-state index contributed by atoms with van der Waals surface area (Å²) in [6, 6.07) is 9.72. The van der Waals surface area contributed by atoms with Gasteiger partial charge in [-0.25, -0.2) is 13.8 Å². The maximum absolute atomic E-state index is 13.5. The number of rotatable bonds is 4. The maximum Gasteiger partial charge on any atom is 0.266 e. The number of nitrogen functional groups attached to an aromatic ring is 1. The molecule has 0 saturated carbocycles. The molecule has 0 amide bonds. The number of aromatic nitrogens is 1. The Balaban J connectivity index is 0.00000208. The fraction of sp³-hybridized carbons (Fsp3) is 0.278. The Bertz CT molecular complexity index is 734. The zero-order valence-electron chi connectivity index (χ0n) is 13.2. The van der Waals surface area contributed by atoms with Crippen molar-refractivity contribution in [1.29, 1.82) is 0 Å². The summed E-state index contributed by atoms with van der Waals surface area (Å²) in [6.07, 6.45) is 4.01. The minimum absolute atomic E-state index is 0. The van der Waals surface area contributed by atoms with Crippen molar-refractivity contribution in [2.24, 2.45) is 0 Å². The third kappa shape index (κ3) is 3.51. The van der Waals surface area contributed by atoms with Gasteiger partial charge in [-0.05, 0) is 23.6 Å².